The van der Waals surface area contributed by atoms with Crippen molar-refractivity contribution in [1.29, 1.82) is 0 Å². The quantitative estimate of drug-likeness (QED) is 0.341. The Kier molecular flexibility index (Phi) is 8.09. The first-order valence-electron chi connectivity index (χ1n) is 13.4. The lowest BCUT2D eigenvalue weighted by atomic mass is 10.0. The molecule has 6 heteroatoms. The zero-order valence-corrected chi connectivity index (χ0v) is 22.3. The van der Waals surface area contributed by atoms with Crippen LogP contribution in [0.2, 0.25) is 0 Å². The summed E-state index contributed by atoms with van der Waals surface area (Å²) in [6, 6.07) is 33.8. The molecule has 5 rings (SSSR count). The summed E-state index contributed by atoms with van der Waals surface area (Å²) in [5.41, 5.74) is 4.77. The molecule has 38 heavy (non-hydrogen) atoms. The van der Waals surface area contributed by atoms with Crippen LogP contribution in [-0.2, 0) is 6.54 Å². The van der Waals surface area contributed by atoms with Crippen molar-refractivity contribution in [3.63, 3.8) is 0 Å². The van der Waals surface area contributed by atoms with Crippen molar-refractivity contribution in [3.05, 3.63) is 108 Å². The number of hydrogen-bond donors (Lipinski definition) is 2. The number of carbonyl (C=O) groups is 1. The van der Waals surface area contributed by atoms with Crippen LogP contribution in [0, 0.1) is 0 Å². The molecule has 196 valence electrons. The van der Waals surface area contributed by atoms with E-state index in [-0.39, 0.29) is 12.1 Å². The number of carbonyl (C=O) groups excluding carboxylic acids is 1. The molecule has 1 aliphatic rings. The molecule has 6 nitrogen and oxygen atoms in total. The minimum Gasteiger partial charge on any atom is -0.378 e. The average molecular weight is 508 g/mol. The second-order valence-electron chi connectivity index (χ2n) is 10.1. The van der Waals surface area contributed by atoms with E-state index in [4.69, 9.17) is 0 Å². The molecular weight excluding hydrogens is 470 g/mol. The average Bonchev–Trinajstić information content (AvgIpc) is 2.97. The summed E-state index contributed by atoms with van der Waals surface area (Å²) in [6.07, 6.45) is 0. The van der Waals surface area contributed by atoms with Gasteiger partial charge in [-0.1, -0.05) is 72.8 Å². The fourth-order valence-electron chi connectivity index (χ4n) is 5.26. The van der Waals surface area contributed by atoms with E-state index >= 15 is 0 Å². The highest BCUT2D eigenvalue weighted by molar-refractivity contribution is 5.86. The van der Waals surface area contributed by atoms with Crippen LogP contribution >= 0.6 is 0 Å². The monoisotopic (exact) mass is 507 g/mol. The zero-order chi connectivity index (χ0) is 26.3. The van der Waals surface area contributed by atoms with Gasteiger partial charge in [0, 0.05) is 64.7 Å². The summed E-state index contributed by atoms with van der Waals surface area (Å²) in [5, 5.41) is 8.59. The summed E-state index contributed by atoms with van der Waals surface area (Å²) in [4.78, 5) is 19.9. The third kappa shape index (κ3) is 6.09. The van der Waals surface area contributed by atoms with Crippen LogP contribution in [0.5, 0.6) is 0 Å². The molecule has 0 saturated carbocycles. The van der Waals surface area contributed by atoms with Gasteiger partial charge in [0.1, 0.15) is 0 Å². The molecule has 0 spiro atoms. The Morgan fingerprint density at radius 1 is 0.789 bits per heavy atom. The number of amides is 2. The fraction of sp³-hybridized carbons (Fsp3) is 0.281. The van der Waals surface area contributed by atoms with E-state index in [1.807, 2.05) is 18.2 Å². The van der Waals surface area contributed by atoms with Crippen LogP contribution in [0.15, 0.2) is 97.1 Å². The number of urea groups is 1. The fourth-order valence-corrected chi connectivity index (χ4v) is 5.26. The molecule has 2 amide bonds. The second-order valence-corrected chi connectivity index (χ2v) is 10.1. The number of piperazine rings is 1. The predicted octanol–water partition coefficient (Wildman–Crippen LogP) is 5.27. The van der Waals surface area contributed by atoms with Gasteiger partial charge in [0.2, 0.25) is 0 Å². The van der Waals surface area contributed by atoms with E-state index < -0.39 is 0 Å². The number of nitrogens with zero attached hydrogens (tertiary/aromatic N) is 3. The first-order chi connectivity index (χ1) is 18.6. The van der Waals surface area contributed by atoms with E-state index in [0.717, 1.165) is 31.7 Å². The molecule has 0 aromatic heterocycles. The Morgan fingerprint density at radius 2 is 1.47 bits per heavy atom. The molecule has 1 heterocycles. The predicted molar refractivity (Wildman–Crippen MR) is 158 cm³/mol. The molecule has 4 aromatic rings. The minimum atomic E-state index is -0.143. The van der Waals surface area contributed by atoms with Crippen LogP contribution in [0.1, 0.15) is 17.2 Å². The first-order valence-corrected chi connectivity index (χ1v) is 13.4. The second kappa shape index (κ2) is 12.0. The highest BCUT2D eigenvalue weighted by Gasteiger charge is 2.26. The molecule has 1 fully saturated rings. The van der Waals surface area contributed by atoms with E-state index in [1.54, 1.807) is 0 Å². The molecule has 0 aliphatic carbocycles. The van der Waals surface area contributed by atoms with Crippen LogP contribution in [0.3, 0.4) is 0 Å². The van der Waals surface area contributed by atoms with Crippen molar-refractivity contribution in [3.8, 4) is 0 Å². The molecule has 0 bridgehead atoms. The van der Waals surface area contributed by atoms with E-state index in [9.17, 15) is 4.79 Å². The van der Waals surface area contributed by atoms with Crippen molar-refractivity contribution in [2.75, 3.05) is 56.6 Å². The molecule has 1 unspecified atom stereocenters. The largest absolute Gasteiger partial charge is 0.378 e. The zero-order valence-electron chi connectivity index (χ0n) is 22.3. The molecule has 1 aliphatic heterocycles. The molecule has 1 atom stereocenters. The van der Waals surface area contributed by atoms with Gasteiger partial charge in [-0.3, -0.25) is 4.90 Å². The highest BCUT2D eigenvalue weighted by atomic mass is 16.2. The van der Waals surface area contributed by atoms with Gasteiger partial charge in [-0.05, 0) is 46.2 Å². The summed E-state index contributed by atoms with van der Waals surface area (Å²) in [5.74, 6) is 0. The van der Waals surface area contributed by atoms with Gasteiger partial charge in [-0.25, -0.2) is 4.79 Å². The minimum absolute atomic E-state index is 0.104. The molecule has 4 aromatic carbocycles. The Morgan fingerprint density at radius 3 is 2.21 bits per heavy atom. The molecular formula is C32H37N5O. The van der Waals surface area contributed by atoms with E-state index in [2.05, 4.69) is 118 Å². The normalized spacial score (nSPS) is 14.7. The molecule has 1 saturated heterocycles. The summed E-state index contributed by atoms with van der Waals surface area (Å²) in [6.45, 7) is 4.84. The maximum Gasteiger partial charge on any atom is 0.315 e. The lowest BCUT2D eigenvalue weighted by Crippen LogP contribution is -2.50. The Balaban J connectivity index is 1.24. The Bertz CT molecular complexity index is 1330. The van der Waals surface area contributed by atoms with Crippen LogP contribution < -0.4 is 20.4 Å². The Labute approximate surface area is 225 Å². The maximum atomic E-state index is 12.9. The van der Waals surface area contributed by atoms with Crippen LogP contribution in [0.4, 0.5) is 16.2 Å². The lowest BCUT2D eigenvalue weighted by Gasteiger charge is -2.40. The van der Waals surface area contributed by atoms with Gasteiger partial charge in [0.05, 0.1) is 6.04 Å². The maximum absolute atomic E-state index is 12.9. The number of benzene rings is 4. The van der Waals surface area contributed by atoms with Crippen molar-refractivity contribution >= 4 is 28.2 Å². The SMILES string of the molecule is CN(C)c1ccc(C(CNC(=O)NCc2cccc3ccccc23)N2CCN(c3ccccc3)CC2)cc1. The number of rotatable bonds is 8. The van der Waals surface area contributed by atoms with Gasteiger partial charge in [-0.2, -0.15) is 0 Å². The van der Waals surface area contributed by atoms with Crippen molar-refractivity contribution in [2.24, 2.45) is 0 Å². The lowest BCUT2D eigenvalue weighted by molar-refractivity contribution is 0.180. The highest BCUT2D eigenvalue weighted by Crippen LogP contribution is 2.26. The van der Waals surface area contributed by atoms with Gasteiger partial charge >= 0.3 is 6.03 Å². The van der Waals surface area contributed by atoms with Gasteiger partial charge in [0.15, 0.2) is 0 Å². The summed E-state index contributed by atoms with van der Waals surface area (Å²) >= 11 is 0. The van der Waals surface area contributed by atoms with Gasteiger partial charge in [0.25, 0.3) is 0 Å². The molecule has 0 radical (unpaired) electrons. The first kappa shape index (κ1) is 25.6. The summed E-state index contributed by atoms with van der Waals surface area (Å²) in [7, 11) is 4.11. The smallest absolute Gasteiger partial charge is 0.315 e. The van der Waals surface area contributed by atoms with E-state index in [1.165, 1.54) is 27.7 Å². The Hall–Kier alpha value is -4.03. The number of fused-ring (bicyclic) bond motifs is 1. The number of nitrogens with one attached hydrogen (secondary N) is 2. The standard InChI is InChI=1S/C32H37N5O/c1-35(2)28-17-15-26(16-18-28)31(37-21-19-36(20-22-37)29-12-4-3-5-13-29)24-34-32(38)33-23-27-11-8-10-25-9-6-7-14-30(25)27/h3-18,31H,19-24H2,1-2H3,(H2,33,34,38). The number of anilines is 2. The molecule has 2 N–H and O–H groups in total. The van der Waals surface area contributed by atoms with Crippen molar-refractivity contribution < 1.29 is 4.79 Å². The van der Waals surface area contributed by atoms with Crippen LogP contribution in [-0.4, -0.2) is 57.8 Å². The number of para-hydroxylation sites is 1. The van der Waals surface area contributed by atoms with Crippen molar-refractivity contribution in [1.82, 2.24) is 15.5 Å². The van der Waals surface area contributed by atoms with Gasteiger partial charge < -0.3 is 20.4 Å². The summed E-state index contributed by atoms with van der Waals surface area (Å²) < 4.78 is 0. The number of hydrogen-bond acceptors (Lipinski definition) is 4. The third-order valence-electron chi connectivity index (χ3n) is 7.45. The van der Waals surface area contributed by atoms with Crippen LogP contribution in [0.25, 0.3) is 10.8 Å². The third-order valence-corrected chi connectivity index (χ3v) is 7.45. The topological polar surface area (TPSA) is 50.9 Å². The van der Waals surface area contributed by atoms with E-state index in [0.29, 0.717) is 13.1 Å². The van der Waals surface area contributed by atoms with Gasteiger partial charge in [-0.15, -0.1) is 0 Å². The van der Waals surface area contributed by atoms with Crippen molar-refractivity contribution in [2.45, 2.75) is 12.6 Å².